The lowest BCUT2D eigenvalue weighted by atomic mass is 10.2. The van der Waals surface area contributed by atoms with Gasteiger partial charge in [0.2, 0.25) is 0 Å². The van der Waals surface area contributed by atoms with E-state index in [0.717, 1.165) is 5.56 Å². The molecule has 3 aromatic rings. The summed E-state index contributed by atoms with van der Waals surface area (Å²) in [4.78, 5) is 12.3. The van der Waals surface area contributed by atoms with Crippen LogP contribution in [0.1, 0.15) is 12.5 Å². The Balaban J connectivity index is 1.60. The lowest BCUT2D eigenvalue weighted by Crippen LogP contribution is -2.19. The number of urea groups is 1. The van der Waals surface area contributed by atoms with Crippen molar-refractivity contribution in [1.29, 1.82) is 0 Å². The number of amides is 2. The number of nitrogens with one attached hydrogen (secondary N) is 2. The van der Waals surface area contributed by atoms with E-state index in [2.05, 4.69) is 10.6 Å². The first-order valence-electron chi connectivity index (χ1n) is 9.28. The van der Waals surface area contributed by atoms with Gasteiger partial charge in [0.1, 0.15) is 18.1 Å². The van der Waals surface area contributed by atoms with Crippen LogP contribution >= 0.6 is 0 Å². The molecule has 7 nitrogen and oxygen atoms in total. The SMILES string of the molecule is CCS(=O)(=O)c1ccc(O)c(NC(=O)Nc2ccc(OCc3ccccc3)cc2)c1. The first-order chi connectivity index (χ1) is 14.4. The third-order valence-corrected chi connectivity index (χ3v) is 6.05. The van der Waals surface area contributed by atoms with Crippen LogP contribution in [0.15, 0.2) is 77.7 Å². The van der Waals surface area contributed by atoms with Crippen molar-refractivity contribution in [2.24, 2.45) is 0 Å². The van der Waals surface area contributed by atoms with Crippen molar-refractivity contribution in [2.75, 3.05) is 16.4 Å². The molecule has 2 amide bonds. The number of anilines is 2. The standard InChI is InChI=1S/C22H22N2O5S/c1-2-30(27,28)19-12-13-21(25)20(14-19)24-22(26)23-17-8-10-18(11-9-17)29-15-16-6-4-3-5-7-16/h3-14,25H,2,15H2,1H3,(H2,23,24,26). The Morgan fingerprint density at radius 2 is 1.67 bits per heavy atom. The van der Waals surface area contributed by atoms with Gasteiger partial charge in [-0.1, -0.05) is 37.3 Å². The highest BCUT2D eigenvalue weighted by Crippen LogP contribution is 2.27. The maximum absolute atomic E-state index is 12.2. The fourth-order valence-electron chi connectivity index (χ4n) is 2.64. The first-order valence-corrected chi connectivity index (χ1v) is 10.9. The van der Waals surface area contributed by atoms with Gasteiger partial charge in [0, 0.05) is 5.69 Å². The second-order valence-electron chi connectivity index (χ2n) is 6.46. The molecule has 8 heteroatoms. The minimum absolute atomic E-state index is 0.00448. The summed E-state index contributed by atoms with van der Waals surface area (Å²) in [5.41, 5.74) is 1.56. The van der Waals surface area contributed by atoms with Gasteiger partial charge in [-0.2, -0.15) is 0 Å². The van der Waals surface area contributed by atoms with Crippen LogP contribution in [-0.4, -0.2) is 25.3 Å². The number of sulfone groups is 1. The predicted octanol–water partition coefficient (Wildman–Crippen LogP) is 4.41. The van der Waals surface area contributed by atoms with Crippen molar-refractivity contribution in [3.63, 3.8) is 0 Å². The molecule has 3 N–H and O–H groups in total. The molecule has 0 radical (unpaired) electrons. The van der Waals surface area contributed by atoms with Gasteiger partial charge in [0.15, 0.2) is 9.84 Å². The molecule has 0 fully saturated rings. The molecule has 0 atom stereocenters. The third kappa shape index (κ3) is 5.51. The molecule has 0 aromatic heterocycles. The van der Waals surface area contributed by atoms with Gasteiger partial charge in [-0.15, -0.1) is 0 Å². The van der Waals surface area contributed by atoms with Crippen LogP contribution in [0.4, 0.5) is 16.2 Å². The topological polar surface area (TPSA) is 105 Å². The number of ether oxygens (including phenoxy) is 1. The molecule has 0 aliphatic carbocycles. The van der Waals surface area contributed by atoms with Crippen LogP contribution in [0.25, 0.3) is 0 Å². The zero-order chi connectivity index (χ0) is 21.6. The van der Waals surface area contributed by atoms with E-state index >= 15 is 0 Å². The quantitative estimate of drug-likeness (QED) is 0.486. The maximum atomic E-state index is 12.2. The smallest absolute Gasteiger partial charge is 0.323 e. The molecule has 0 saturated carbocycles. The van der Waals surface area contributed by atoms with Crippen molar-refractivity contribution in [3.05, 3.63) is 78.4 Å². The van der Waals surface area contributed by atoms with Crippen LogP contribution in [0.2, 0.25) is 0 Å². The van der Waals surface area contributed by atoms with Crippen molar-refractivity contribution in [3.8, 4) is 11.5 Å². The largest absolute Gasteiger partial charge is 0.506 e. The maximum Gasteiger partial charge on any atom is 0.323 e. The number of carbonyl (C=O) groups excluding carboxylic acids is 1. The molecule has 3 rings (SSSR count). The molecule has 0 spiro atoms. The molecule has 156 valence electrons. The van der Waals surface area contributed by atoms with Crippen LogP contribution in [0.3, 0.4) is 0 Å². The Bertz CT molecular complexity index is 1110. The van der Waals surface area contributed by atoms with Crippen LogP contribution < -0.4 is 15.4 Å². The highest BCUT2D eigenvalue weighted by Gasteiger charge is 2.15. The van der Waals surface area contributed by atoms with E-state index in [0.29, 0.717) is 18.0 Å². The number of hydrogen-bond donors (Lipinski definition) is 3. The summed E-state index contributed by atoms with van der Waals surface area (Å²) < 4.78 is 29.7. The van der Waals surface area contributed by atoms with E-state index in [1.54, 1.807) is 24.3 Å². The number of phenols is 1. The Kier molecular flexibility index (Phi) is 6.58. The minimum atomic E-state index is -3.46. The molecule has 0 aliphatic heterocycles. The average Bonchev–Trinajstić information content (AvgIpc) is 2.75. The van der Waals surface area contributed by atoms with Gasteiger partial charge in [-0.05, 0) is 48.0 Å². The fraction of sp³-hybridized carbons (Fsp3) is 0.136. The lowest BCUT2D eigenvalue weighted by molar-refractivity contribution is 0.262. The number of carbonyl (C=O) groups is 1. The Hall–Kier alpha value is -3.52. The van der Waals surface area contributed by atoms with Gasteiger partial charge < -0.3 is 20.5 Å². The summed E-state index contributed by atoms with van der Waals surface area (Å²) >= 11 is 0. The zero-order valence-corrected chi connectivity index (χ0v) is 17.1. The molecule has 0 aliphatic rings. The number of phenolic OH excluding ortho intramolecular Hbond substituents is 1. The molecular weight excluding hydrogens is 404 g/mol. The van der Waals surface area contributed by atoms with Crippen LogP contribution in [-0.2, 0) is 16.4 Å². The number of benzene rings is 3. The molecule has 0 bridgehead atoms. The summed E-state index contributed by atoms with van der Waals surface area (Å²) in [6.45, 7) is 1.96. The second kappa shape index (κ2) is 9.32. The molecule has 0 unspecified atom stereocenters. The Labute approximate surface area is 175 Å². The van der Waals surface area contributed by atoms with Crippen molar-refractivity contribution in [1.82, 2.24) is 0 Å². The Morgan fingerprint density at radius 3 is 2.33 bits per heavy atom. The summed E-state index contributed by atoms with van der Waals surface area (Å²) in [6, 6.07) is 19.7. The van der Waals surface area contributed by atoms with Crippen LogP contribution in [0.5, 0.6) is 11.5 Å². The number of rotatable bonds is 7. The molecule has 3 aromatic carbocycles. The van der Waals surface area contributed by atoms with Gasteiger partial charge >= 0.3 is 6.03 Å². The fourth-order valence-corrected chi connectivity index (χ4v) is 3.54. The van der Waals surface area contributed by atoms with Gasteiger partial charge in [-0.25, -0.2) is 13.2 Å². The van der Waals surface area contributed by atoms with Gasteiger partial charge in [-0.3, -0.25) is 0 Å². The van der Waals surface area contributed by atoms with E-state index in [-0.39, 0.29) is 22.1 Å². The zero-order valence-electron chi connectivity index (χ0n) is 16.3. The average molecular weight is 426 g/mol. The molecule has 0 heterocycles. The highest BCUT2D eigenvalue weighted by molar-refractivity contribution is 7.91. The van der Waals surface area contributed by atoms with E-state index in [1.807, 2.05) is 30.3 Å². The normalized spacial score (nSPS) is 11.0. The lowest BCUT2D eigenvalue weighted by Gasteiger charge is -2.11. The van der Waals surface area contributed by atoms with Crippen molar-refractivity contribution < 1.29 is 23.1 Å². The van der Waals surface area contributed by atoms with Crippen molar-refractivity contribution in [2.45, 2.75) is 18.4 Å². The van der Waals surface area contributed by atoms with E-state index < -0.39 is 15.9 Å². The van der Waals surface area contributed by atoms with Gasteiger partial charge in [0.05, 0.1) is 16.3 Å². The van der Waals surface area contributed by atoms with Crippen molar-refractivity contribution >= 4 is 27.2 Å². The van der Waals surface area contributed by atoms with E-state index in [1.165, 1.54) is 25.1 Å². The monoisotopic (exact) mass is 426 g/mol. The molecule has 30 heavy (non-hydrogen) atoms. The van der Waals surface area contributed by atoms with E-state index in [4.69, 9.17) is 4.74 Å². The first kappa shape index (κ1) is 21.2. The minimum Gasteiger partial charge on any atom is -0.506 e. The summed E-state index contributed by atoms with van der Waals surface area (Å²) in [7, 11) is -3.46. The summed E-state index contributed by atoms with van der Waals surface area (Å²) in [5.74, 6) is 0.340. The number of hydrogen-bond acceptors (Lipinski definition) is 5. The molecular formula is C22H22N2O5S. The van der Waals surface area contributed by atoms with Gasteiger partial charge in [0.25, 0.3) is 0 Å². The highest BCUT2D eigenvalue weighted by atomic mass is 32.2. The Morgan fingerprint density at radius 1 is 0.967 bits per heavy atom. The second-order valence-corrected chi connectivity index (χ2v) is 8.74. The third-order valence-electron chi connectivity index (χ3n) is 4.32. The summed E-state index contributed by atoms with van der Waals surface area (Å²) in [6.07, 6.45) is 0. The summed E-state index contributed by atoms with van der Waals surface area (Å²) in [5, 5.41) is 15.0. The number of aromatic hydroxyl groups is 1. The molecule has 0 saturated heterocycles. The van der Waals surface area contributed by atoms with Crippen LogP contribution in [0, 0.1) is 0 Å². The predicted molar refractivity (Wildman–Crippen MR) is 116 cm³/mol. The van der Waals surface area contributed by atoms with E-state index in [9.17, 15) is 18.3 Å².